The van der Waals surface area contributed by atoms with E-state index in [4.69, 9.17) is 0 Å². The Morgan fingerprint density at radius 3 is 2.13 bits per heavy atom. The van der Waals surface area contributed by atoms with E-state index < -0.39 is 6.04 Å². The van der Waals surface area contributed by atoms with Crippen LogP contribution in [-0.4, -0.2) is 28.8 Å². The van der Waals surface area contributed by atoms with Crippen LogP contribution in [0.2, 0.25) is 0 Å². The van der Waals surface area contributed by atoms with Crippen LogP contribution in [0.25, 0.3) is 0 Å². The van der Waals surface area contributed by atoms with Gasteiger partial charge in [0, 0.05) is 31.0 Å². The molecule has 2 atom stereocenters. The standard InChI is InChI=1S/C33H41FN2O2/c1-6-24(2)35-32(38)30(22-26-12-8-7-9-13-26)36(23-27-14-10-11-15-29(27)34)31(37)21-18-25-16-19-28(20-17-25)33(3,4)5/h7-17,19-20,24,30H,6,18,21-23H2,1-5H3,(H,35,38). The molecule has 0 spiro atoms. The van der Waals surface area contributed by atoms with E-state index in [2.05, 4.69) is 50.4 Å². The Kier molecular flexibility index (Phi) is 10.2. The van der Waals surface area contributed by atoms with Crippen LogP contribution < -0.4 is 5.32 Å². The minimum absolute atomic E-state index is 0.0277. The number of hydrogen-bond acceptors (Lipinski definition) is 2. The third kappa shape index (κ3) is 8.27. The number of hydrogen-bond donors (Lipinski definition) is 1. The molecule has 0 aliphatic heterocycles. The van der Waals surface area contributed by atoms with E-state index in [0.717, 1.165) is 17.5 Å². The number of aryl methyl sites for hydroxylation is 1. The number of halogens is 1. The molecule has 3 rings (SSSR count). The van der Waals surface area contributed by atoms with Crippen molar-refractivity contribution in [2.24, 2.45) is 0 Å². The van der Waals surface area contributed by atoms with Crippen LogP contribution in [0.15, 0.2) is 78.9 Å². The van der Waals surface area contributed by atoms with Gasteiger partial charge in [0.15, 0.2) is 0 Å². The topological polar surface area (TPSA) is 49.4 Å². The smallest absolute Gasteiger partial charge is 0.243 e. The molecule has 1 N–H and O–H groups in total. The fraction of sp³-hybridized carbons (Fsp3) is 0.394. The van der Waals surface area contributed by atoms with Gasteiger partial charge >= 0.3 is 0 Å². The summed E-state index contributed by atoms with van der Waals surface area (Å²) < 4.78 is 14.7. The highest BCUT2D eigenvalue weighted by atomic mass is 19.1. The molecule has 5 heteroatoms. The SMILES string of the molecule is CCC(C)NC(=O)C(Cc1ccccc1)N(Cc1ccccc1F)C(=O)CCc1ccc(C(C)(C)C)cc1. The molecular weight excluding hydrogens is 475 g/mol. The van der Waals surface area contributed by atoms with Crippen molar-refractivity contribution in [3.05, 3.63) is 107 Å². The summed E-state index contributed by atoms with van der Waals surface area (Å²) in [5.41, 5.74) is 3.68. The highest BCUT2D eigenvalue weighted by Crippen LogP contribution is 2.23. The Bertz CT molecular complexity index is 1190. The van der Waals surface area contributed by atoms with Crippen molar-refractivity contribution in [1.82, 2.24) is 10.2 Å². The number of nitrogens with one attached hydrogen (secondary N) is 1. The van der Waals surface area contributed by atoms with E-state index in [9.17, 15) is 14.0 Å². The lowest BCUT2D eigenvalue weighted by atomic mass is 9.86. The number of amides is 2. The van der Waals surface area contributed by atoms with Crippen molar-refractivity contribution < 1.29 is 14.0 Å². The van der Waals surface area contributed by atoms with Crippen LogP contribution >= 0.6 is 0 Å². The van der Waals surface area contributed by atoms with Crippen LogP contribution in [0.4, 0.5) is 4.39 Å². The molecule has 0 aliphatic carbocycles. The van der Waals surface area contributed by atoms with Gasteiger partial charge in [0.1, 0.15) is 11.9 Å². The predicted molar refractivity (Wildman–Crippen MR) is 152 cm³/mol. The third-order valence-electron chi connectivity index (χ3n) is 7.02. The van der Waals surface area contributed by atoms with Crippen molar-refractivity contribution in [2.45, 2.75) is 84.3 Å². The maximum Gasteiger partial charge on any atom is 0.243 e. The highest BCUT2D eigenvalue weighted by molar-refractivity contribution is 5.88. The summed E-state index contributed by atoms with van der Waals surface area (Å²) in [6.07, 6.45) is 1.90. The van der Waals surface area contributed by atoms with Crippen molar-refractivity contribution in [3.8, 4) is 0 Å². The van der Waals surface area contributed by atoms with Gasteiger partial charge < -0.3 is 10.2 Å². The molecule has 3 aromatic carbocycles. The van der Waals surface area contributed by atoms with Gasteiger partial charge in [0.2, 0.25) is 11.8 Å². The normalized spacial score (nSPS) is 13.0. The first-order chi connectivity index (χ1) is 18.1. The molecule has 0 aliphatic rings. The van der Waals surface area contributed by atoms with Crippen LogP contribution in [-0.2, 0) is 34.4 Å². The van der Waals surface area contributed by atoms with Gasteiger partial charge in [0.25, 0.3) is 0 Å². The average molecular weight is 517 g/mol. The number of carbonyl (C=O) groups excluding carboxylic acids is 2. The molecule has 0 radical (unpaired) electrons. The Morgan fingerprint density at radius 1 is 0.895 bits per heavy atom. The Labute approximate surface area is 227 Å². The summed E-state index contributed by atoms with van der Waals surface area (Å²) in [6.45, 7) is 10.5. The molecule has 0 bridgehead atoms. The first kappa shape index (κ1) is 29.1. The molecule has 0 saturated heterocycles. The van der Waals surface area contributed by atoms with E-state index in [-0.39, 0.29) is 42.1 Å². The molecule has 202 valence electrons. The first-order valence-electron chi connectivity index (χ1n) is 13.5. The summed E-state index contributed by atoms with van der Waals surface area (Å²) in [5.74, 6) is -0.778. The van der Waals surface area contributed by atoms with Crippen LogP contribution in [0.3, 0.4) is 0 Å². The second-order valence-electron chi connectivity index (χ2n) is 11.1. The van der Waals surface area contributed by atoms with Crippen LogP contribution in [0.5, 0.6) is 0 Å². The number of carbonyl (C=O) groups is 2. The van der Waals surface area contributed by atoms with Gasteiger partial charge in [-0.25, -0.2) is 4.39 Å². The van der Waals surface area contributed by atoms with Crippen molar-refractivity contribution in [2.75, 3.05) is 0 Å². The van der Waals surface area contributed by atoms with E-state index in [1.165, 1.54) is 11.6 Å². The van der Waals surface area contributed by atoms with Crippen molar-refractivity contribution >= 4 is 11.8 Å². The molecule has 0 heterocycles. The summed E-state index contributed by atoms with van der Waals surface area (Å²) in [7, 11) is 0. The maximum atomic E-state index is 14.7. The molecule has 0 fully saturated rings. The molecule has 38 heavy (non-hydrogen) atoms. The van der Waals surface area contributed by atoms with Gasteiger partial charge in [-0.1, -0.05) is 100 Å². The minimum Gasteiger partial charge on any atom is -0.352 e. The van der Waals surface area contributed by atoms with E-state index >= 15 is 0 Å². The molecule has 4 nitrogen and oxygen atoms in total. The van der Waals surface area contributed by atoms with Gasteiger partial charge in [0.05, 0.1) is 0 Å². The fourth-order valence-electron chi connectivity index (χ4n) is 4.37. The molecule has 0 aromatic heterocycles. The molecule has 3 aromatic rings. The van der Waals surface area contributed by atoms with Gasteiger partial charge in [-0.3, -0.25) is 9.59 Å². The Morgan fingerprint density at radius 2 is 1.53 bits per heavy atom. The summed E-state index contributed by atoms with van der Waals surface area (Å²) >= 11 is 0. The predicted octanol–water partition coefficient (Wildman–Crippen LogP) is 6.61. The second-order valence-corrected chi connectivity index (χ2v) is 11.1. The number of benzene rings is 3. The van der Waals surface area contributed by atoms with E-state index in [1.807, 2.05) is 44.2 Å². The van der Waals surface area contributed by atoms with Gasteiger partial charge in [-0.05, 0) is 47.9 Å². The lowest BCUT2D eigenvalue weighted by molar-refractivity contribution is -0.141. The van der Waals surface area contributed by atoms with Gasteiger partial charge in [-0.2, -0.15) is 0 Å². The Balaban J connectivity index is 1.90. The van der Waals surface area contributed by atoms with Crippen molar-refractivity contribution in [3.63, 3.8) is 0 Å². The monoisotopic (exact) mass is 516 g/mol. The second kappa shape index (κ2) is 13.4. The Hall–Kier alpha value is -3.47. The summed E-state index contributed by atoms with van der Waals surface area (Å²) in [6, 6.07) is 23.6. The zero-order chi connectivity index (χ0) is 27.7. The zero-order valence-electron chi connectivity index (χ0n) is 23.3. The largest absolute Gasteiger partial charge is 0.352 e. The molecular formula is C33H41FN2O2. The van der Waals surface area contributed by atoms with Crippen LogP contribution in [0, 0.1) is 5.82 Å². The molecule has 2 amide bonds. The van der Waals surface area contributed by atoms with Crippen molar-refractivity contribution in [1.29, 1.82) is 0 Å². The maximum absolute atomic E-state index is 14.7. The lowest BCUT2D eigenvalue weighted by Gasteiger charge is -2.32. The first-order valence-corrected chi connectivity index (χ1v) is 13.5. The summed E-state index contributed by atoms with van der Waals surface area (Å²) in [4.78, 5) is 28.9. The average Bonchev–Trinajstić information content (AvgIpc) is 2.90. The number of rotatable bonds is 11. The fourth-order valence-corrected chi connectivity index (χ4v) is 4.37. The molecule has 2 unspecified atom stereocenters. The van der Waals surface area contributed by atoms with Crippen LogP contribution in [0.1, 0.15) is 69.7 Å². The number of nitrogens with zero attached hydrogens (tertiary/aromatic N) is 1. The lowest BCUT2D eigenvalue weighted by Crippen LogP contribution is -2.52. The molecule has 0 saturated carbocycles. The third-order valence-corrected chi connectivity index (χ3v) is 7.02. The zero-order valence-corrected chi connectivity index (χ0v) is 23.3. The summed E-state index contributed by atoms with van der Waals surface area (Å²) in [5, 5.41) is 3.05. The highest BCUT2D eigenvalue weighted by Gasteiger charge is 2.31. The quantitative estimate of drug-likeness (QED) is 0.312. The minimum atomic E-state index is -0.762. The van der Waals surface area contributed by atoms with E-state index in [0.29, 0.717) is 18.4 Å². The van der Waals surface area contributed by atoms with E-state index in [1.54, 1.807) is 23.1 Å². The van der Waals surface area contributed by atoms with Gasteiger partial charge in [-0.15, -0.1) is 0 Å².